The van der Waals surface area contributed by atoms with Crippen LogP contribution in [0.3, 0.4) is 0 Å². The maximum absolute atomic E-state index is 4.58. The molecule has 1 aliphatic rings. The summed E-state index contributed by atoms with van der Waals surface area (Å²) in [6, 6.07) is 6.30. The maximum Gasteiger partial charge on any atom is 0.138 e. The van der Waals surface area contributed by atoms with Crippen molar-refractivity contribution in [3.05, 3.63) is 41.7 Å². The van der Waals surface area contributed by atoms with Crippen molar-refractivity contribution in [2.75, 3.05) is 23.3 Å². The Morgan fingerprint density at radius 3 is 2.82 bits per heavy atom. The minimum absolute atomic E-state index is 0.718. The molecular weight excluding hydrogens is 294 g/mol. The van der Waals surface area contributed by atoms with E-state index >= 15 is 0 Å². The monoisotopic (exact) mass is 311 g/mol. The first-order valence-corrected chi connectivity index (χ1v) is 8.40. The summed E-state index contributed by atoms with van der Waals surface area (Å²) in [4.78, 5) is 16.5. The molecule has 0 spiro atoms. The van der Waals surface area contributed by atoms with Crippen molar-refractivity contribution in [1.82, 2.24) is 15.0 Å². The molecular formula is C16H17N5S. The molecule has 112 valence electrons. The van der Waals surface area contributed by atoms with Crippen LogP contribution >= 0.6 is 11.3 Å². The first-order valence-electron chi connectivity index (χ1n) is 7.52. The average molecular weight is 311 g/mol. The van der Waals surface area contributed by atoms with Crippen LogP contribution in [-0.2, 0) is 6.54 Å². The zero-order chi connectivity index (χ0) is 14.8. The SMILES string of the molecule is c1nc(NCc2ccc(N3CCCC3)nc2)c2ccsc2n1. The molecule has 0 aliphatic carbocycles. The number of hydrogen-bond donors (Lipinski definition) is 1. The van der Waals surface area contributed by atoms with Crippen LogP contribution in [0.25, 0.3) is 10.2 Å². The highest BCUT2D eigenvalue weighted by atomic mass is 32.1. The van der Waals surface area contributed by atoms with Gasteiger partial charge in [0.15, 0.2) is 0 Å². The molecule has 0 amide bonds. The zero-order valence-corrected chi connectivity index (χ0v) is 13.0. The van der Waals surface area contributed by atoms with Gasteiger partial charge in [-0.1, -0.05) is 6.07 Å². The third-order valence-electron chi connectivity index (χ3n) is 3.96. The first kappa shape index (κ1) is 13.5. The number of nitrogens with one attached hydrogen (secondary N) is 1. The van der Waals surface area contributed by atoms with E-state index in [1.165, 1.54) is 12.8 Å². The number of pyridine rings is 1. The Labute approximate surface area is 133 Å². The molecule has 4 rings (SSSR count). The number of fused-ring (bicyclic) bond motifs is 1. The van der Waals surface area contributed by atoms with E-state index in [-0.39, 0.29) is 0 Å². The smallest absolute Gasteiger partial charge is 0.138 e. The quantitative estimate of drug-likeness (QED) is 0.801. The zero-order valence-electron chi connectivity index (χ0n) is 12.2. The highest BCUT2D eigenvalue weighted by molar-refractivity contribution is 7.16. The molecule has 22 heavy (non-hydrogen) atoms. The van der Waals surface area contributed by atoms with Crippen LogP contribution in [-0.4, -0.2) is 28.0 Å². The summed E-state index contributed by atoms with van der Waals surface area (Å²) in [6.07, 6.45) is 6.10. The van der Waals surface area contributed by atoms with Crippen molar-refractivity contribution >= 4 is 33.2 Å². The van der Waals surface area contributed by atoms with E-state index in [9.17, 15) is 0 Å². The molecule has 0 radical (unpaired) electrons. The van der Waals surface area contributed by atoms with Crippen LogP contribution < -0.4 is 10.2 Å². The molecule has 3 aromatic rings. The van der Waals surface area contributed by atoms with Crippen LogP contribution in [0.15, 0.2) is 36.1 Å². The third-order valence-corrected chi connectivity index (χ3v) is 4.78. The number of rotatable bonds is 4. The molecule has 1 saturated heterocycles. The Kier molecular flexibility index (Phi) is 3.60. The summed E-state index contributed by atoms with van der Waals surface area (Å²) in [5, 5.41) is 6.50. The number of aromatic nitrogens is 3. The fraction of sp³-hybridized carbons (Fsp3) is 0.312. The molecule has 1 fully saturated rings. The number of thiophene rings is 1. The van der Waals surface area contributed by atoms with E-state index in [2.05, 4.69) is 43.4 Å². The number of nitrogens with zero attached hydrogens (tertiary/aromatic N) is 4. The maximum atomic E-state index is 4.58. The highest BCUT2D eigenvalue weighted by Gasteiger charge is 2.13. The van der Waals surface area contributed by atoms with Gasteiger partial charge in [-0.05, 0) is 35.9 Å². The summed E-state index contributed by atoms with van der Waals surface area (Å²) < 4.78 is 0. The first-order chi connectivity index (χ1) is 10.9. The topological polar surface area (TPSA) is 53.9 Å². The van der Waals surface area contributed by atoms with Crippen molar-refractivity contribution in [2.24, 2.45) is 0 Å². The van der Waals surface area contributed by atoms with Gasteiger partial charge in [-0.3, -0.25) is 0 Å². The standard InChI is InChI=1S/C16H17N5S/c1-2-7-21(6-1)14-4-3-12(9-17-14)10-18-15-13-5-8-22-16(13)20-11-19-15/h3-5,8-9,11H,1-2,6-7,10H2,(H,18,19,20). The van der Waals surface area contributed by atoms with Gasteiger partial charge in [-0.15, -0.1) is 11.3 Å². The molecule has 4 heterocycles. The Hall–Kier alpha value is -2.21. The largest absolute Gasteiger partial charge is 0.365 e. The highest BCUT2D eigenvalue weighted by Crippen LogP contribution is 2.24. The third kappa shape index (κ3) is 2.62. The van der Waals surface area contributed by atoms with E-state index in [1.807, 2.05) is 11.6 Å². The molecule has 5 nitrogen and oxygen atoms in total. The lowest BCUT2D eigenvalue weighted by Gasteiger charge is -2.16. The van der Waals surface area contributed by atoms with Crippen molar-refractivity contribution < 1.29 is 0 Å². The molecule has 1 N–H and O–H groups in total. The molecule has 0 bridgehead atoms. The van der Waals surface area contributed by atoms with Gasteiger partial charge in [-0.25, -0.2) is 15.0 Å². The van der Waals surface area contributed by atoms with E-state index in [0.717, 1.165) is 47.1 Å². The predicted molar refractivity (Wildman–Crippen MR) is 90.4 cm³/mol. The lowest BCUT2D eigenvalue weighted by molar-refractivity contribution is 0.932. The summed E-state index contributed by atoms with van der Waals surface area (Å²) >= 11 is 1.63. The second-order valence-electron chi connectivity index (χ2n) is 5.43. The van der Waals surface area contributed by atoms with Crippen molar-refractivity contribution in [3.8, 4) is 0 Å². The van der Waals surface area contributed by atoms with Gasteiger partial charge in [0.05, 0.1) is 5.39 Å². The van der Waals surface area contributed by atoms with Crippen molar-refractivity contribution in [1.29, 1.82) is 0 Å². The van der Waals surface area contributed by atoms with Gasteiger partial charge in [0.25, 0.3) is 0 Å². The van der Waals surface area contributed by atoms with E-state index < -0.39 is 0 Å². The summed E-state index contributed by atoms with van der Waals surface area (Å²) in [6.45, 7) is 2.97. The lowest BCUT2D eigenvalue weighted by atomic mass is 10.2. The summed E-state index contributed by atoms with van der Waals surface area (Å²) in [5.41, 5.74) is 1.16. The van der Waals surface area contributed by atoms with Gasteiger partial charge in [0, 0.05) is 25.8 Å². The van der Waals surface area contributed by atoms with Gasteiger partial charge >= 0.3 is 0 Å². The van der Waals surface area contributed by atoms with Gasteiger partial charge in [0.2, 0.25) is 0 Å². The van der Waals surface area contributed by atoms with E-state index in [1.54, 1.807) is 17.7 Å². The van der Waals surface area contributed by atoms with Crippen LogP contribution in [0.5, 0.6) is 0 Å². The fourth-order valence-electron chi connectivity index (χ4n) is 2.77. The Balaban J connectivity index is 1.46. The van der Waals surface area contributed by atoms with Gasteiger partial charge < -0.3 is 10.2 Å². The van der Waals surface area contributed by atoms with Gasteiger partial charge in [-0.2, -0.15) is 0 Å². The fourth-order valence-corrected chi connectivity index (χ4v) is 3.50. The normalized spacial score (nSPS) is 14.6. The second-order valence-corrected chi connectivity index (χ2v) is 6.33. The summed E-state index contributed by atoms with van der Waals surface area (Å²) in [5.74, 6) is 1.97. The molecule has 0 unspecified atom stereocenters. The van der Waals surface area contributed by atoms with Crippen LogP contribution in [0.2, 0.25) is 0 Å². The van der Waals surface area contributed by atoms with Crippen LogP contribution in [0.1, 0.15) is 18.4 Å². The molecule has 1 aliphatic heterocycles. The minimum Gasteiger partial charge on any atom is -0.365 e. The van der Waals surface area contributed by atoms with Crippen molar-refractivity contribution in [3.63, 3.8) is 0 Å². The Morgan fingerprint density at radius 1 is 1.09 bits per heavy atom. The molecule has 0 saturated carbocycles. The number of hydrogen-bond acceptors (Lipinski definition) is 6. The molecule has 6 heteroatoms. The van der Waals surface area contributed by atoms with E-state index in [4.69, 9.17) is 0 Å². The van der Waals surface area contributed by atoms with Gasteiger partial charge in [0.1, 0.15) is 22.8 Å². The van der Waals surface area contributed by atoms with Crippen LogP contribution in [0, 0.1) is 0 Å². The molecule has 0 aromatic carbocycles. The summed E-state index contributed by atoms with van der Waals surface area (Å²) in [7, 11) is 0. The second kappa shape index (κ2) is 5.88. The number of anilines is 2. The molecule has 3 aromatic heterocycles. The average Bonchev–Trinajstić information content (AvgIpc) is 3.24. The van der Waals surface area contributed by atoms with Crippen molar-refractivity contribution in [2.45, 2.75) is 19.4 Å². The van der Waals surface area contributed by atoms with Crippen LogP contribution in [0.4, 0.5) is 11.6 Å². The predicted octanol–water partition coefficient (Wildman–Crippen LogP) is 3.30. The lowest BCUT2D eigenvalue weighted by Crippen LogP contribution is -2.18. The minimum atomic E-state index is 0.718. The Bertz CT molecular complexity index is 762. The van der Waals surface area contributed by atoms with E-state index in [0.29, 0.717) is 0 Å². The molecule has 0 atom stereocenters. The Morgan fingerprint density at radius 2 is 2.00 bits per heavy atom.